The Morgan fingerprint density at radius 3 is 2.63 bits per heavy atom. The Morgan fingerprint density at radius 1 is 1.42 bits per heavy atom. The minimum Gasteiger partial charge on any atom is -0.481 e. The lowest BCUT2D eigenvalue weighted by Gasteiger charge is -2.13. The Hall–Kier alpha value is -1.85. The van der Waals surface area contributed by atoms with Crippen LogP contribution in [0.5, 0.6) is 0 Å². The third kappa shape index (κ3) is 5.11. The summed E-state index contributed by atoms with van der Waals surface area (Å²) in [5, 5.41) is 11.6. The number of carboxylic acid groups (broad SMARTS) is 1. The van der Waals surface area contributed by atoms with Gasteiger partial charge in [0.1, 0.15) is 5.69 Å². The fourth-order valence-electron chi connectivity index (χ4n) is 1.75. The van der Waals surface area contributed by atoms with Crippen molar-refractivity contribution in [3.63, 3.8) is 0 Å². The predicted octanol–water partition coefficient (Wildman–Crippen LogP) is 1.43. The van der Waals surface area contributed by atoms with Gasteiger partial charge in [-0.15, -0.1) is 0 Å². The van der Waals surface area contributed by atoms with E-state index >= 15 is 0 Å². The van der Waals surface area contributed by atoms with Crippen molar-refractivity contribution in [2.45, 2.75) is 39.2 Å². The average Bonchev–Trinajstić information content (AvgIpc) is 2.75. The molecule has 1 aromatic rings. The van der Waals surface area contributed by atoms with Gasteiger partial charge in [0, 0.05) is 19.3 Å². The molecule has 19 heavy (non-hydrogen) atoms. The van der Waals surface area contributed by atoms with Crippen molar-refractivity contribution in [3.05, 3.63) is 18.2 Å². The highest BCUT2D eigenvalue weighted by Crippen LogP contribution is 2.09. The molecule has 0 fully saturated rings. The Labute approximate surface area is 112 Å². The first-order valence-electron chi connectivity index (χ1n) is 6.41. The zero-order valence-electron chi connectivity index (χ0n) is 11.6. The van der Waals surface area contributed by atoms with E-state index < -0.39 is 5.97 Å². The van der Waals surface area contributed by atoms with E-state index in [-0.39, 0.29) is 17.9 Å². The van der Waals surface area contributed by atoms with Crippen LogP contribution in [0.4, 0.5) is 0 Å². The molecule has 0 aromatic carbocycles. The molecule has 2 unspecified atom stereocenters. The third-order valence-electron chi connectivity index (χ3n) is 3.01. The number of aromatic nitrogens is 2. The fraction of sp³-hybridized carbons (Fsp3) is 0.615. The number of aliphatic carboxylic acids is 1. The number of nitrogens with zero attached hydrogens (tertiary/aromatic N) is 2. The maximum absolute atomic E-state index is 11.8. The number of aryl methyl sites for hydroxylation is 1. The van der Waals surface area contributed by atoms with E-state index in [2.05, 4.69) is 10.3 Å². The molecule has 0 saturated heterocycles. The third-order valence-corrected chi connectivity index (χ3v) is 3.01. The van der Waals surface area contributed by atoms with E-state index in [1.165, 1.54) is 0 Å². The number of amides is 1. The Kier molecular flexibility index (Phi) is 5.54. The molecule has 1 amide bonds. The van der Waals surface area contributed by atoms with Crippen LogP contribution in [0.1, 0.15) is 43.6 Å². The number of carbonyl (C=O) groups excluding carboxylic acids is 1. The predicted molar refractivity (Wildman–Crippen MR) is 70.8 cm³/mol. The summed E-state index contributed by atoms with van der Waals surface area (Å²) >= 11 is 0. The second-order valence-corrected chi connectivity index (χ2v) is 4.97. The van der Waals surface area contributed by atoms with Crippen molar-refractivity contribution >= 4 is 11.9 Å². The molecule has 0 aliphatic heterocycles. The summed E-state index contributed by atoms with van der Waals surface area (Å²) in [6.45, 7) is 3.60. The van der Waals surface area contributed by atoms with E-state index in [0.29, 0.717) is 12.1 Å². The summed E-state index contributed by atoms with van der Waals surface area (Å²) < 4.78 is 1.72. The fourth-order valence-corrected chi connectivity index (χ4v) is 1.75. The summed E-state index contributed by atoms with van der Waals surface area (Å²) in [5.74, 6) is -1.30. The first kappa shape index (κ1) is 15.2. The van der Waals surface area contributed by atoms with Crippen molar-refractivity contribution in [3.8, 4) is 0 Å². The number of hydrogen-bond donors (Lipinski definition) is 2. The highest BCUT2D eigenvalue weighted by atomic mass is 16.4. The number of carbonyl (C=O) groups is 2. The summed E-state index contributed by atoms with van der Waals surface area (Å²) in [6.07, 6.45) is 5.40. The van der Waals surface area contributed by atoms with Crippen LogP contribution in [0.25, 0.3) is 0 Å². The maximum atomic E-state index is 11.8. The molecule has 0 aliphatic carbocycles. The molecule has 1 heterocycles. The number of carboxylic acids is 1. The monoisotopic (exact) mass is 267 g/mol. The summed E-state index contributed by atoms with van der Waals surface area (Å²) in [7, 11) is 1.81. The van der Waals surface area contributed by atoms with Gasteiger partial charge < -0.3 is 15.0 Å². The smallest absolute Gasteiger partial charge is 0.306 e. The Morgan fingerprint density at radius 2 is 2.11 bits per heavy atom. The lowest BCUT2D eigenvalue weighted by Crippen LogP contribution is -2.32. The molecule has 0 spiro atoms. The van der Waals surface area contributed by atoms with Gasteiger partial charge in [-0.2, -0.15) is 0 Å². The Bertz CT molecular complexity index is 442. The highest BCUT2D eigenvalue weighted by molar-refractivity contribution is 5.92. The van der Waals surface area contributed by atoms with Crippen LogP contribution in [-0.4, -0.2) is 32.6 Å². The molecule has 0 bridgehead atoms. The quantitative estimate of drug-likeness (QED) is 0.782. The van der Waals surface area contributed by atoms with Gasteiger partial charge in [-0.25, -0.2) is 4.98 Å². The van der Waals surface area contributed by atoms with Gasteiger partial charge in [0.05, 0.1) is 12.2 Å². The van der Waals surface area contributed by atoms with Gasteiger partial charge >= 0.3 is 5.97 Å². The van der Waals surface area contributed by atoms with Crippen molar-refractivity contribution in [2.75, 3.05) is 0 Å². The van der Waals surface area contributed by atoms with Gasteiger partial charge in [0.15, 0.2) is 0 Å². The first-order chi connectivity index (χ1) is 8.90. The van der Waals surface area contributed by atoms with Crippen LogP contribution in [-0.2, 0) is 11.8 Å². The molecule has 0 aliphatic rings. The van der Waals surface area contributed by atoms with Gasteiger partial charge in [-0.05, 0) is 19.8 Å². The highest BCUT2D eigenvalue weighted by Gasteiger charge is 2.14. The topological polar surface area (TPSA) is 84.2 Å². The van der Waals surface area contributed by atoms with Crippen LogP contribution in [0.15, 0.2) is 12.5 Å². The summed E-state index contributed by atoms with van der Waals surface area (Å²) in [5.41, 5.74) is 0.397. The van der Waals surface area contributed by atoms with E-state index in [1.54, 1.807) is 31.1 Å². The van der Waals surface area contributed by atoms with Crippen molar-refractivity contribution in [1.29, 1.82) is 0 Å². The molecular weight excluding hydrogens is 246 g/mol. The maximum Gasteiger partial charge on any atom is 0.306 e. The molecule has 1 rings (SSSR count). The number of imidazole rings is 1. The molecule has 2 N–H and O–H groups in total. The second kappa shape index (κ2) is 6.92. The standard InChI is InChI=1S/C13H21N3O3/c1-9(13(18)19)5-4-6-10(2)15-12(17)11-7-16(3)8-14-11/h7-10H,4-6H2,1-3H3,(H,15,17)(H,18,19). The van der Waals surface area contributed by atoms with Crippen molar-refractivity contribution < 1.29 is 14.7 Å². The minimum atomic E-state index is -0.773. The van der Waals surface area contributed by atoms with Gasteiger partial charge in [0.25, 0.3) is 5.91 Å². The molecule has 2 atom stereocenters. The molecule has 0 radical (unpaired) electrons. The largest absolute Gasteiger partial charge is 0.481 e. The van der Waals surface area contributed by atoms with E-state index in [9.17, 15) is 9.59 Å². The molecule has 6 nitrogen and oxygen atoms in total. The molecule has 0 saturated carbocycles. The van der Waals surface area contributed by atoms with Crippen LogP contribution in [0.3, 0.4) is 0 Å². The number of rotatable bonds is 7. The number of hydrogen-bond acceptors (Lipinski definition) is 3. The molecule has 6 heteroatoms. The SMILES string of the molecule is CC(CCCC(C)C(=O)O)NC(=O)c1cn(C)cn1. The van der Waals surface area contributed by atoms with Gasteiger partial charge in [0.2, 0.25) is 0 Å². The van der Waals surface area contributed by atoms with Gasteiger partial charge in [-0.3, -0.25) is 9.59 Å². The normalized spacial score (nSPS) is 13.8. The van der Waals surface area contributed by atoms with Crippen LogP contribution in [0.2, 0.25) is 0 Å². The van der Waals surface area contributed by atoms with Crippen molar-refractivity contribution in [1.82, 2.24) is 14.9 Å². The minimum absolute atomic E-state index is 0.00972. The number of nitrogens with one attached hydrogen (secondary N) is 1. The van der Waals surface area contributed by atoms with E-state index in [1.807, 2.05) is 6.92 Å². The molecule has 106 valence electrons. The van der Waals surface area contributed by atoms with Crippen LogP contribution in [0, 0.1) is 5.92 Å². The summed E-state index contributed by atoms with van der Waals surface area (Å²) in [4.78, 5) is 26.4. The molecule has 1 aromatic heterocycles. The van der Waals surface area contributed by atoms with E-state index in [0.717, 1.165) is 12.8 Å². The lowest BCUT2D eigenvalue weighted by atomic mass is 10.0. The Balaban J connectivity index is 2.29. The molecular formula is C13H21N3O3. The van der Waals surface area contributed by atoms with Crippen molar-refractivity contribution in [2.24, 2.45) is 13.0 Å². The van der Waals surface area contributed by atoms with Crippen LogP contribution < -0.4 is 5.32 Å². The zero-order chi connectivity index (χ0) is 14.4. The van der Waals surface area contributed by atoms with E-state index in [4.69, 9.17) is 5.11 Å². The lowest BCUT2D eigenvalue weighted by molar-refractivity contribution is -0.141. The first-order valence-corrected chi connectivity index (χ1v) is 6.41. The average molecular weight is 267 g/mol. The zero-order valence-corrected chi connectivity index (χ0v) is 11.6. The second-order valence-electron chi connectivity index (χ2n) is 4.97. The summed E-state index contributed by atoms with van der Waals surface area (Å²) in [6, 6.07) is 0.00972. The van der Waals surface area contributed by atoms with Crippen LogP contribution >= 0.6 is 0 Å². The van der Waals surface area contributed by atoms with Gasteiger partial charge in [-0.1, -0.05) is 13.3 Å².